The van der Waals surface area contributed by atoms with Gasteiger partial charge in [0.1, 0.15) is 0 Å². The molecule has 0 saturated carbocycles. The molecule has 15 heavy (non-hydrogen) atoms. The van der Waals surface area contributed by atoms with Crippen molar-refractivity contribution < 1.29 is 0 Å². The van der Waals surface area contributed by atoms with E-state index in [1.807, 2.05) is 0 Å². The van der Waals surface area contributed by atoms with Crippen molar-refractivity contribution in [3.8, 4) is 0 Å². The fraction of sp³-hybridized carbons (Fsp3) is 0.429. The minimum atomic E-state index is 0.735. The number of likely N-dealkylation sites (tertiary alicyclic amines) is 1. The molecule has 0 radical (unpaired) electrons. The number of fused-ring (bicyclic) bond motifs is 3. The van der Waals surface area contributed by atoms with Crippen molar-refractivity contribution in [2.45, 2.75) is 12.3 Å². The molecule has 78 valence electrons. The third-order valence-electron chi connectivity index (χ3n) is 3.78. The van der Waals surface area contributed by atoms with Gasteiger partial charge in [-0.3, -0.25) is 0 Å². The smallest absolute Gasteiger partial charge is 0.00473 e. The van der Waals surface area contributed by atoms with E-state index >= 15 is 0 Å². The Balaban J connectivity index is 1.99. The number of benzene rings is 1. The average molecular weight is 199 g/mol. The third kappa shape index (κ3) is 1.51. The minimum Gasteiger partial charge on any atom is -0.306 e. The van der Waals surface area contributed by atoms with Crippen LogP contribution in [0.1, 0.15) is 23.5 Å². The van der Waals surface area contributed by atoms with Crippen molar-refractivity contribution >= 4 is 6.08 Å². The molecule has 2 atom stereocenters. The second kappa shape index (κ2) is 3.49. The van der Waals surface area contributed by atoms with E-state index in [4.69, 9.17) is 0 Å². The summed E-state index contributed by atoms with van der Waals surface area (Å²) < 4.78 is 0. The lowest BCUT2D eigenvalue weighted by atomic mass is 9.75. The van der Waals surface area contributed by atoms with E-state index in [1.54, 1.807) is 5.56 Å². The van der Waals surface area contributed by atoms with Gasteiger partial charge in [-0.2, -0.15) is 0 Å². The predicted molar refractivity (Wildman–Crippen MR) is 63.8 cm³/mol. The van der Waals surface area contributed by atoms with E-state index in [0.717, 1.165) is 11.8 Å². The quantitative estimate of drug-likeness (QED) is 0.621. The molecule has 1 aromatic rings. The van der Waals surface area contributed by atoms with Gasteiger partial charge in [-0.15, -0.1) is 0 Å². The summed E-state index contributed by atoms with van der Waals surface area (Å²) in [7, 11) is 2.23. The molecular weight excluding hydrogens is 182 g/mol. The summed E-state index contributed by atoms with van der Waals surface area (Å²) in [5, 5.41) is 0. The maximum absolute atomic E-state index is 2.44. The van der Waals surface area contributed by atoms with Gasteiger partial charge >= 0.3 is 0 Å². The summed E-state index contributed by atoms with van der Waals surface area (Å²) >= 11 is 0. The number of rotatable bonds is 0. The number of piperidine rings is 1. The molecule has 1 heterocycles. The summed E-state index contributed by atoms with van der Waals surface area (Å²) in [6.45, 7) is 2.46. The standard InChI is InChI=1S/C14H17N/c1-15-9-8-14-12(10-15)7-6-11-4-2-3-5-13(11)14/h2-7,12,14H,8-10H2,1H3. The van der Waals surface area contributed by atoms with Gasteiger partial charge in [0.15, 0.2) is 0 Å². The average Bonchev–Trinajstić information content (AvgIpc) is 2.28. The zero-order chi connectivity index (χ0) is 10.3. The summed E-state index contributed by atoms with van der Waals surface area (Å²) in [5.41, 5.74) is 3.00. The summed E-state index contributed by atoms with van der Waals surface area (Å²) in [6, 6.07) is 8.86. The summed E-state index contributed by atoms with van der Waals surface area (Å²) in [4.78, 5) is 2.44. The van der Waals surface area contributed by atoms with Crippen LogP contribution in [0.3, 0.4) is 0 Å². The second-order valence-corrected chi connectivity index (χ2v) is 4.81. The van der Waals surface area contributed by atoms with Crippen LogP contribution >= 0.6 is 0 Å². The minimum absolute atomic E-state index is 0.735. The molecule has 0 aromatic heterocycles. The van der Waals surface area contributed by atoms with Crippen LogP contribution in [0.2, 0.25) is 0 Å². The lowest BCUT2D eigenvalue weighted by Gasteiger charge is -2.38. The molecule has 0 spiro atoms. The van der Waals surface area contributed by atoms with Gasteiger partial charge in [-0.25, -0.2) is 0 Å². The maximum atomic E-state index is 2.44. The third-order valence-corrected chi connectivity index (χ3v) is 3.78. The Labute approximate surface area is 91.4 Å². The van der Waals surface area contributed by atoms with Crippen molar-refractivity contribution in [2.75, 3.05) is 20.1 Å². The monoisotopic (exact) mass is 199 g/mol. The Morgan fingerprint density at radius 3 is 3.07 bits per heavy atom. The summed E-state index contributed by atoms with van der Waals surface area (Å²) in [5.74, 6) is 1.50. The highest BCUT2D eigenvalue weighted by Crippen LogP contribution is 2.39. The van der Waals surface area contributed by atoms with Gasteiger partial charge in [-0.1, -0.05) is 36.4 Å². The zero-order valence-corrected chi connectivity index (χ0v) is 9.19. The molecule has 2 aliphatic rings. The molecule has 0 N–H and O–H groups in total. The van der Waals surface area contributed by atoms with Crippen LogP contribution in [0.15, 0.2) is 30.3 Å². The molecule has 1 heteroatoms. The van der Waals surface area contributed by atoms with E-state index in [-0.39, 0.29) is 0 Å². The van der Waals surface area contributed by atoms with Gasteiger partial charge in [0.05, 0.1) is 0 Å². The second-order valence-electron chi connectivity index (χ2n) is 4.81. The van der Waals surface area contributed by atoms with Crippen LogP contribution in [-0.4, -0.2) is 25.0 Å². The predicted octanol–water partition coefficient (Wildman–Crippen LogP) is 2.75. The molecule has 1 saturated heterocycles. The van der Waals surface area contributed by atoms with Crippen molar-refractivity contribution in [1.82, 2.24) is 4.90 Å². The van der Waals surface area contributed by atoms with Crippen LogP contribution in [0.25, 0.3) is 6.08 Å². The fourth-order valence-corrected chi connectivity index (χ4v) is 2.96. The molecule has 1 fully saturated rings. The van der Waals surface area contributed by atoms with E-state index in [0.29, 0.717) is 0 Å². The Kier molecular flexibility index (Phi) is 2.14. The van der Waals surface area contributed by atoms with Gasteiger partial charge in [0.2, 0.25) is 0 Å². The van der Waals surface area contributed by atoms with Gasteiger partial charge in [-0.05, 0) is 43.0 Å². The van der Waals surface area contributed by atoms with Crippen LogP contribution in [-0.2, 0) is 0 Å². The van der Waals surface area contributed by atoms with E-state index in [1.165, 1.54) is 25.1 Å². The van der Waals surface area contributed by atoms with Crippen molar-refractivity contribution in [2.24, 2.45) is 5.92 Å². The number of hydrogen-bond acceptors (Lipinski definition) is 1. The van der Waals surface area contributed by atoms with Crippen molar-refractivity contribution in [3.63, 3.8) is 0 Å². The van der Waals surface area contributed by atoms with Crippen LogP contribution in [0.5, 0.6) is 0 Å². The highest BCUT2D eigenvalue weighted by molar-refractivity contribution is 5.58. The first-order valence-electron chi connectivity index (χ1n) is 5.80. The highest BCUT2D eigenvalue weighted by atomic mass is 15.1. The Hall–Kier alpha value is -1.08. The van der Waals surface area contributed by atoms with Crippen LogP contribution in [0.4, 0.5) is 0 Å². The Bertz CT molecular complexity index is 394. The summed E-state index contributed by atoms with van der Waals surface area (Å²) in [6.07, 6.45) is 6.01. The molecule has 1 aromatic carbocycles. The van der Waals surface area contributed by atoms with Crippen molar-refractivity contribution in [3.05, 3.63) is 41.5 Å². The lowest BCUT2D eigenvalue weighted by molar-refractivity contribution is 0.211. The fourth-order valence-electron chi connectivity index (χ4n) is 2.96. The maximum Gasteiger partial charge on any atom is 0.00473 e. The number of hydrogen-bond donors (Lipinski definition) is 0. The molecule has 2 unspecified atom stereocenters. The van der Waals surface area contributed by atoms with Crippen molar-refractivity contribution in [1.29, 1.82) is 0 Å². The molecule has 1 nitrogen and oxygen atoms in total. The first-order chi connectivity index (χ1) is 7.34. The molecule has 3 rings (SSSR count). The Morgan fingerprint density at radius 1 is 1.27 bits per heavy atom. The highest BCUT2D eigenvalue weighted by Gasteiger charge is 2.30. The molecular formula is C14H17N. The first kappa shape index (κ1) is 9.17. The van der Waals surface area contributed by atoms with E-state index in [2.05, 4.69) is 48.4 Å². The lowest BCUT2D eigenvalue weighted by Crippen LogP contribution is -2.37. The Morgan fingerprint density at radius 2 is 2.13 bits per heavy atom. The molecule has 0 bridgehead atoms. The van der Waals surface area contributed by atoms with Gasteiger partial charge in [0.25, 0.3) is 0 Å². The molecule has 1 aliphatic carbocycles. The normalized spacial score (nSPS) is 29.7. The molecule has 0 amide bonds. The SMILES string of the molecule is CN1CCC2c3ccccc3C=CC2C1. The molecule has 1 aliphatic heterocycles. The topological polar surface area (TPSA) is 3.24 Å². The van der Waals surface area contributed by atoms with Gasteiger partial charge < -0.3 is 4.90 Å². The first-order valence-corrected chi connectivity index (χ1v) is 5.80. The number of nitrogens with zero attached hydrogens (tertiary/aromatic N) is 1. The van der Waals surface area contributed by atoms with E-state index in [9.17, 15) is 0 Å². The van der Waals surface area contributed by atoms with Crippen LogP contribution < -0.4 is 0 Å². The largest absolute Gasteiger partial charge is 0.306 e. The zero-order valence-electron chi connectivity index (χ0n) is 9.19. The van der Waals surface area contributed by atoms with Crippen LogP contribution in [0, 0.1) is 5.92 Å². The van der Waals surface area contributed by atoms with Gasteiger partial charge in [0, 0.05) is 6.54 Å². The van der Waals surface area contributed by atoms with E-state index < -0.39 is 0 Å².